The Morgan fingerprint density at radius 3 is 3.00 bits per heavy atom. The molecule has 1 N–H and O–H groups in total. The van der Waals surface area contributed by atoms with Gasteiger partial charge in [0.25, 0.3) is 0 Å². The number of carboxylic acid groups (broad SMARTS) is 1. The predicted molar refractivity (Wildman–Crippen MR) is 46.0 cm³/mol. The molecule has 1 fully saturated rings. The number of carbonyl (C=O) groups is 1. The summed E-state index contributed by atoms with van der Waals surface area (Å²) < 4.78 is 0. The Bertz CT molecular complexity index is 132. The molecule has 64 valence electrons. The summed E-state index contributed by atoms with van der Waals surface area (Å²) in [5, 5.41) is 8.51. The first-order valence-corrected chi connectivity index (χ1v) is 4.96. The number of carboxylic acids is 1. The Morgan fingerprint density at radius 1 is 1.45 bits per heavy atom. The van der Waals surface area contributed by atoms with E-state index in [-0.39, 0.29) is 6.54 Å². The molecular weight excluding hydrogens is 162 g/mol. The van der Waals surface area contributed by atoms with Gasteiger partial charge in [0, 0.05) is 12.3 Å². The molecule has 0 radical (unpaired) electrons. The van der Waals surface area contributed by atoms with Crippen LogP contribution in [0.15, 0.2) is 0 Å². The van der Waals surface area contributed by atoms with Crippen LogP contribution < -0.4 is 0 Å². The van der Waals surface area contributed by atoms with Crippen molar-refractivity contribution < 1.29 is 9.90 Å². The maximum atomic E-state index is 10.3. The highest BCUT2D eigenvalue weighted by Gasteiger charge is 2.11. The Hall–Kier alpha value is -0.220. The second kappa shape index (κ2) is 4.62. The molecule has 0 saturated carbocycles. The fraction of sp³-hybridized carbons (Fsp3) is 0.857. The minimum absolute atomic E-state index is 0.209. The fourth-order valence-electron chi connectivity index (χ4n) is 1.15. The molecule has 1 heterocycles. The quantitative estimate of drug-likeness (QED) is 0.664. The highest BCUT2D eigenvalue weighted by Crippen LogP contribution is 2.09. The van der Waals surface area contributed by atoms with Gasteiger partial charge in [-0.2, -0.15) is 11.8 Å². The average molecular weight is 175 g/mol. The molecule has 0 atom stereocenters. The zero-order chi connectivity index (χ0) is 8.10. The molecule has 11 heavy (non-hydrogen) atoms. The van der Waals surface area contributed by atoms with E-state index < -0.39 is 5.97 Å². The molecular formula is C7H13NO2S. The second-order valence-electron chi connectivity index (χ2n) is 2.64. The lowest BCUT2D eigenvalue weighted by Gasteiger charge is -2.15. The van der Waals surface area contributed by atoms with E-state index in [1.165, 1.54) is 5.75 Å². The first-order chi connectivity index (χ1) is 5.29. The van der Waals surface area contributed by atoms with Crippen LogP contribution in [0.4, 0.5) is 0 Å². The van der Waals surface area contributed by atoms with Gasteiger partial charge < -0.3 is 5.11 Å². The smallest absolute Gasteiger partial charge is 0.317 e. The maximum absolute atomic E-state index is 10.3. The van der Waals surface area contributed by atoms with E-state index in [4.69, 9.17) is 5.11 Å². The molecule has 4 heteroatoms. The first kappa shape index (κ1) is 8.87. The van der Waals surface area contributed by atoms with Crippen LogP contribution in [-0.4, -0.2) is 47.1 Å². The van der Waals surface area contributed by atoms with Crippen LogP contribution in [-0.2, 0) is 4.79 Å². The molecule has 0 aliphatic carbocycles. The first-order valence-electron chi connectivity index (χ1n) is 3.81. The standard InChI is InChI=1S/C7H13NO2S/c9-7(10)6-8-2-1-4-11-5-3-8/h1-6H2,(H,9,10). The molecule has 1 aliphatic heterocycles. The monoisotopic (exact) mass is 175 g/mol. The van der Waals surface area contributed by atoms with Crippen molar-refractivity contribution in [2.45, 2.75) is 6.42 Å². The maximum Gasteiger partial charge on any atom is 0.317 e. The lowest BCUT2D eigenvalue weighted by Crippen LogP contribution is -2.31. The summed E-state index contributed by atoms with van der Waals surface area (Å²) in [4.78, 5) is 12.3. The summed E-state index contributed by atoms with van der Waals surface area (Å²) >= 11 is 1.91. The third-order valence-electron chi connectivity index (χ3n) is 1.67. The number of rotatable bonds is 2. The number of thioether (sulfide) groups is 1. The Kier molecular flexibility index (Phi) is 3.72. The lowest BCUT2D eigenvalue weighted by atomic mass is 10.4. The average Bonchev–Trinajstić information content (AvgIpc) is 2.14. The van der Waals surface area contributed by atoms with Gasteiger partial charge >= 0.3 is 5.97 Å². The molecule has 1 rings (SSSR count). The third kappa shape index (κ3) is 3.62. The topological polar surface area (TPSA) is 40.5 Å². The van der Waals surface area contributed by atoms with Crippen LogP contribution in [0.1, 0.15) is 6.42 Å². The predicted octanol–water partition coefficient (Wildman–Crippen LogP) is 0.510. The van der Waals surface area contributed by atoms with Gasteiger partial charge in [-0.15, -0.1) is 0 Å². The van der Waals surface area contributed by atoms with Gasteiger partial charge in [0.05, 0.1) is 6.54 Å². The van der Waals surface area contributed by atoms with Crippen LogP contribution in [0.5, 0.6) is 0 Å². The van der Waals surface area contributed by atoms with E-state index in [0.29, 0.717) is 0 Å². The minimum atomic E-state index is -0.711. The van der Waals surface area contributed by atoms with Gasteiger partial charge in [0.2, 0.25) is 0 Å². The van der Waals surface area contributed by atoms with Gasteiger partial charge in [-0.05, 0) is 18.7 Å². The van der Waals surface area contributed by atoms with Crippen molar-refractivity contribution in [2.75, 3.05) is 31.1 Å². The Labute approximate surface area is 70.8 Å². The minimum Gasteiger partial charge on any atom is -0.480 e. The number of aliphatic carboxylic acids is 1. The molecule has 3 nitrogen and oxygen atoms in total. The van der Waals surface area contributed by atoms with Gasteiger partial charge in [-0.25, -0.2) is 0 Å². The van der Waals surface area contributed by atoms with E-state index in [1.54, 1.807) is 0 Å². The van der Waals surface area contributed by atoms with Crippen molar-refractivity contribution in [3.05, 3.63) is 0 Å². The van der Waals surface area contributed by atoms with Crippen molar-refractivity contribution in [2.24, 2.45) is 0 Å². The summed E-state index contributed by atoms with van der Waals surface area (Å²) in [6, 6.07) is 0. The van der Waals surface area contributed by atoms with Crippen molar-refractivity contribution in [1.29, 1.82) is 0 Å². The van der Waals surface area contributed by atoms with Crippen LogP contribution >= 0.6 is 11.8 Å². The van der Waals surface area contributed by atoms with E-state index in [2.05, 4.69) is 0 Å². The molecule has 0 aromatic carbocycles. The highest BCUT2D eigenvalue weighted by molar-refractivity contribution is 7.99. The SMILES string of the molecule is O=C(O)CN1CCCSCC1. The van der Waals surface area contributed by atoms with Crippen LogP contribution in [0.3, 0.4) is 0 Å². The van der Waals surface area contributed by atoms with Gasteiger partial charge in [0.15, 0.2) is 0 Å². The summed E-state index contributed by atoms with van der Waals surface area (Å²) in [6.45, 7) is 2.08. The van der Waals surface area contributed by atoms with Gasteiger partial charge in [-0.1, -0.05) is 0 Å². The second-order valence-corrected chi connectivity index (χ2v) is 3.86. The molecule has 1 saturated heterocycles. The van der Waals surface area contributed by atoms with E-state index >= 15 is 0 Å². The summed E-state index contributed by atoms with van der Waals surface area (Å²) in [5.74, 6) is 1.54. The summed E-state index contributed by atoms with van der Waals surface area (Å²) in [6.07, 6.45) is 1.12. The zero-order valence-electron chi connectivity index (χ0n) is 6.45. The van der Waals surface area contributed by atoms with E-state index in [9.17, 15) is 4.79 Å². The van der Waals surface area contributed by atoms with Gasteiger partial charge in [0.1, 0.15) is 0 Å². The Balaban J connectivity index is 2.25. The van der Waals surface area contributed by atoms with E-state index in [0.717, 1.165) is 25.3 Å². The summed E-state index contributed by atoms with van der Waals surface area (Å²) in [5.41, 5.74) is 0. The Morgan fingerprint density at radius 2 is 2.27 bits per heavy atom. The fourth-order valence-corrected chi connectivity index (χ4v) is 2.07. The molecule has 0 bridgehead atoms. The van der Waals surface area contributed by atoms with Crippen molar-refractivity contribution >= 4 is 17.7 Å². The van der Waals surface area contributed by atoms with Crippen LogP contribution in [0, 0.1) is 0 Å². The van der Waals surface area contributed by atoms with Crippen molar-refractivity contribution in [1.82, 2.24) is 4.90 Å². The largest absolute Gasteiger partial charge is 0.480 e. The highest BCUT2D eigenvalue weighted by atomic mass is 32.2. The van der Waals surface area contributed by atoms with Crippen molar-refractivity contribution in [3.63, 3.8) is 0 Å². The van der Waals surface area contributed by atoms with Crippen LogP contribution in [0.2, 0.25) is 0 Å². The van der Waals surface area contributed by atoms with Crippen LogP contribution in [0.25, 0.3) is 0 Å². The number of nitrogens with zero attached hydrogens (tertiary/aromatic N) is 1. The number of hydrogen-bond acceptors (Lipinski definition) is 3. The molecule has 0 unspecified atom stereocenters. The number of hydrogen-bond donors (Lipinski definition) is 1. The summed E-state index contributed by atoms with van der Waals surface area (Å²) in [7, 11) is 0. The molecule has 1 aliphatic rings. The molecule has 0 aromatic rings. The molecule has 0 spiro atoms. The third-order valence-corrected chi connectivity index (χ3v) is 2.72. The molecule has 0 amide bonds. The lowest BCUT2D eigenvalue weighted by molar-refractivity contribution is -0.138. The van der Waals surface area contributed by atoms with Gasteiger partial charge in [-0.3, -0.25) is 9.69 Å². The van der Waals surface area contributed by atoms with E-state index in [1.807, 2.05) is 16.7 Å². The normalized spacial score (nSPS) is 21.1. The van der Waals surface area contributed by atoms with Crippen molar-refractivity contribution in [3.8, 4) is 0 Å². The molecule has 0 aromatic heterocycles. The zero-order valence-corrected chi connectivity index (χ0v) is 7.27.